The number of benzene rings is 3. The molecule has 0 aliphatic carbocycles. The Labute approximate surface area is 180 Å². The van der Waals surface area contributed by atoms with Gasteiger partial charge in [0.15, 0.2) is 0 Å². The van der Waals surface area contributed by atoms with Crippen LogP contribution in [-0.4, -0.2) is 4.98 Å². The van der Waals surface area contributed by atoms with E-state index in [0.29, 0.717) is 0 Å². The second-order valence-corrected chi connectivity index (χ2v) is 8.82. The van der Waals surface area contributed by atoms with E-state index in [1.54, 1.807) is 0 Å². The van der Waals surface area contributed by atoms with Crippen molar-refractivity contribution in [2.24, 2.45) is 0 Å². The second kappa shape index (κ2) is 6.85. The predicted molar refractivity (Wildman–Crippen MR) is 124 cm³/mol. The first kappa shape index (κ1) is 18.1. The average molecular weight is 441 g/mol. The van der Waals surface area contributed by atoms with Crippen molar-refractivity contribution in [3.8, 4) is 11.3 Å². The van der Waals surface area contributed by atoms with E-state index in [1.807, 2.05) is 24.4 Å². The maximum absolute atomic E-state index is 4.47. The van der Waals surface area contributed by atoms with Crippen LogP contribution in [0.1, 0.15) is 25.0 Å². The van der Waals surface area contributed by atoms with Crippen LogP contribution in [0, 0.1) is 0 Å². The monoisotopic (exact) mass is 440 g/mol. The van der Waals surface area contributed by atoms with Crippen LogP contribution < -0.4 is 4.90 Å². The van der Waals surface area contributed by atoms with E-state index >= 15 is 0 Å². The predicted octanol–water partition coefficient (Wildman–Crippen LogP) is 7.62. The molecule has 142 valence electrons. The van der Waals surface area contributed by atoms with E-state index in [2.05, 4.69) is 106 Å². The third-order valence-corrected chi connectivity index (χ3v) is 6.27. The molecule has 1 aromatic heterocycles. The summed E-state index contributed by atoms with van der Waals surface area (Å²) in [6.07, 6.45) is 1.83. The van der Waals surface area contributed by atoms with Crippen molar-refractivity contribution in [1.29, 1.82) is 0 Å². The summed E-state index contributed by atoms with van der Waals surface area (Å²) in [7, 11) is 0. The van der Waals surface area contributed by atoms with Crippen LogP contribution in [0.25, 0.3) is 11.3 Å². The molecule has 1 aliphatic rings. The van der Waals surface area contributed by atoms with Gasteiger partial charge in [0.25, 0.3) is 0 Å². The van der Waals surface area contributed by atoms with Gasteiger partial charge in [-0.3, -0.25) is 4.98 Å². The highest BCUT2D eigenvalue weighted by Crippen LogP contribution is 2.52. The Hall–Kier alpha value is -2.91. The lowest BCUT2D eigenvalue weighted by Gasteiger charge is -2.42. The SMILES string of the molecule is CC1(C)c2ccccc2N(c2ccc(-c3ccccn3)cc2)c2ccc(Br)cc21. The summed E-state index contributed by atoms with van der Waals surface area (Å²) in [5.41, 5.74) is 8.30. The number of pyridine rings is 1. The summed E-state index contributed by atoms with van der Waals surface area (Å²) < 4.78 is 1.11. The summed E-state index contributed by atoms with van der Waals surface area (Å²) >= 11 is 3.67. The minimum absolute atomic E-state index is 0.0693. The van der Waals surface area contributed by atoms with E-state index in [0.717, 1.165) is 21.4 Å². The first-order chi connectivity index (χ1) is 14.1. The molecule has 29 heavy (non-hydrogen) atoms. The molecule has 0 fully saturated rings. The molecule has 0 saturated heterocycles. The number of aromatic nitrogens is 1. The number of halogens is 1. The highest BCUT2D eigenvalue weighted by molar-refractivity contribution is 9.10. The first-order valence-corrected chi connectivity index (χ1v) is 10.6. The van der Waals surface area contributed by atoms with Crippen molar-refractivity contribution < 1.29 is 0 Å². The minimum atomic E-state index is -0.0693. The van der Waals surface area contributed by atoms with Crippen molar-refractivity contribution in [3.05, 3.63) is 107 Å². The van der Waals surface area contributed by atoms with Crippen LogP contribution in [0.2, 0.25) is 0 Å². The number of hydrogen-bond donors (Lipinski definition) is 0. The molecule has 3 heteroatoms. The van der Waals surface area contributed by atoms with Crippen molar-refractivity contribution in [1.82, 2.24) is 4.98 Å². The third kappa shape index (κ3) is 2.97. The lowest BCUT2D eigenvalue weighted by atomic mass is 9.73. The molecular weight excluding hydrogens is 420 g/mol. The molecule has 5 rings (SSSR count). The molecule has 0 atom stereocenters. The van der Waals surface area contributed by atoms with Crippen LogP contribution in [0.4, 0.5) is 17.1 Å². The Morgan fingerprint density at radius 2 is 1.48 bits per heavy atom. The van der Waals surface area contributed by atoms with Gasteiger partial charge in [-0.05, 0) is 59.7 Å². The minimum Gasteiger partial charge on any atom is -0.310 e. The molecule has 4 aromatic rings. The van der Waals surface area contributed by atoms with Crippen LogP contribution in [-0.2, 0) is 5.41 Å². The molecule has 2 nitrogen and oxygen atoms in total. The van der Waals surface area contributed by atoms with Crippen molar-refractivity contribution >= 4 is 33.0 Å². The molecule has 3 aromatic carbocycles. The van der Waals surface area contributed by atoms with E-state index in [4.69, 9.17) is 0 Å². The van der Waals surface area contributed by atoms with E-state index in [9.17, 15) is 0 Å². The summed E-state index contributed by atoms with van der Waals surface area (Å²) in [6.45, 7) is 4.61. The number of anilines is 3. The van der Waals surface area contributed by atoms with Gasteiger partial charge in [-0.25, -0.2) is 0 Å². The maximum Gasteiger partial charge on any atom is 0.0701 e. The number of hydrogen-bond acceptors (Lipinski definition) is 2. The van der Waals surface area contributed by atoms with Gasteiger partial charge >= 0.3 is 0 Å². The van der Waals surface area contributed by atoms with Gasteiger partial charge in [0, 0.05) is 27.3 Å². The molecule has 0 unspecified atom stereocenters. The Morgan fingerprint density at radius 1 is 0.759 bits per heavy atom. The van der Waals surface area contributed by atoms with E-state index < -0.39 is 0 Å². The number of para-hydroxylation sites is 1. The van der Waals surface area contributed by atoms with Gasteiger partial charge in [0.05, 0.1) is 17.1 Å². The second-order valence-electron chi connectivity index (χ2n) is 7.90. The maximum atomic E-state index is 4.47. The quantitative estimate of drug-likeness (QED) is 0.318. The summed E-state index contributed by atoms with van der Waals surface area (Å²) in [4.78, 5) is 6.84. The fourth-order valence-corrected chi connectivity index (χ4v) is 4.63. The molecule has 0 saturated carbocycles. The van der Waals surface area contributed by atoms with Gasteiger partial charge in [-0.2, -0.15) is 0 Å². The van der Waals surface area contributed by atoms with Gasteiger partial charge in [-0.15, -0.1) is 0 Å². The van der Waals surface area contributed by atoms with Gasteiger partial charge in [-0.1, -0.05) is 66.2 Å². The number of fused-ring (bicyclic) bond motifs is 2. The zero-order valence-corrected chi connectivity index (χ0v) is 18.0. The molecule has 0 radical (unpaired) electrons. The fourth-order valence-electron chi connectivity index (χ4n) is 4.27. The Balaban J connectivity index is 1.68. The van der Waals surface area contributed by atoms with E-state index in [1.165, 1.54) is 22.5 Å². The first-order valence-electron chi connectivity index (χ1n) is 9.77. The largest absolute Gasteiger partial charge is 0.310 e. The third-order valence-electron chi connectivity index (χ3n) is 5.78. The Bertz CT molecular complexity index is 1180. The van der Waals surface area contributed by atoms with Crippen molar-refractivity contribution in [2.45, 2.75) is 19.3 Å². The molecule has 1 aliphatic heterocycles. The summed E-state index contributed by atoms with van der Waals surface area (Å²) in [6, 6.07) is 30.0. The molecule has 0 spiro atoms. The smallest absolute Gasteiger partial charge is 0.0701 e. The van der Waals surface area contributed by atoms with Crippen LogP contribution in [0.5, 0.6) is 0 Å². The Kier molecular flexibility index (Phi) is 4.29. The fraction of sp³-hybridized carbons (Fsp3) is 0.115. The highest BCUT2D eigenvalue weighted by Gasteiger charge is 2.36. The zero-order chi connectivity index (χ0) is 20.0. The zero-order valence-electron chi connectivity index (χ0n) is 16.4. The molecule has 2 heterocycles. The van der Waals surface area contributed by atoms with Crippen LogP contribution in [0.3, 0.4) is 0 Å². The van der Waals surface area contributed by atoms with Gasteiger partial charge in [0.1, 0.15) is 0 Å². The molecule has 0 N–H and O–H groups in total. The van der Waals surface area contributed by atoms with Crippen molar-refractivity contribution in [3.63, 3.8) is 0 Å². The standard InChI is InChI=1S/C26H21BrN2/c1-26(2)21-7-3-4-9-24(21)29(25-15-12-19(27)17-22(25)26)20-13-10-18(11-14-20)23-8-5-6-16-28-23/h3-17H,1-2H3. The highest BCUT2D eigenvalue weighted by atomic mass is 79.9. The Morgan fingerprint density at radius 3 is 2.24 bits per heavy atom. The van der Waals surface area contributed by atoms with Crippen LogP contribution >= 0.6 is 15.9 Å². The average Bonchev–Trinajstić information content (AvgIpc) is 2.76. The number of nitrogens with zero attached hydrogens (tertiary/aromatic N) is 2. The lowest BCUT2D eigenvalue weighted by molar-refractivity contribution is 0.631. The molecule has 0 bridgehead atoms. The molecule has 0 amide bonds. The summed E-state index contributed by atoms with van der Waals surface area (Å²) in [5.74, 6) is 0. The lowest BCUT2D eigenvalue weighted by Crippen LogP contribution is -2.30. The topological polar surface area (TPSA) is 16.1 Å². The molecular formula is C26H21BrN2. The van der Waals surface area contributed by atoms with E-state index in [-0.39, 0.29) is 5.41 Å². The van der Waals surface area contributed by atoms with Gasteiger partial charge in [0.2, 0.25) is 0 Å². The summed E-state index contributed by atoms with van der Waals surface area (Å²) in [5, 5.41) is 0. The van der Waals surface area contributed by atoms with Crippen molar-refractivity contribution in [2.75, 3.05) is 4.90 Å². The normalized spacial score (nSPS) is 14.2. The van der Waals surface area contributed by atoms with Gasteiger partial charge < -0.3 is 4.90 Å². The van der Waals surface area contributed by atoms with Crippen LogP contribution in [0.15, 0.2) is 95.6 Å². The number of rotatable bonds is 2.